The van der Waals surface area contributed by atoms with Crippen molar-refractivity contribution in [1.82, 2.24) is 20.6 Å². The molecular weight excluding hydrogens is 495 g/mol. The predicted octanol–water partition coefficient (Wildman–Crippen LogP) is 4.03. The van der Waals surface area contributed by atoms with E-state index in [0.717, 1.165) is 25.6 Å². The molecule has 5 fully saturated rings. The largest absolute Gasteiger partial charge is 0.573 e. The molecule has 3 unspecified atom stereocenters. The molecule has 4 saturated carbocycles. The molecule has 1 aromatic heterocycles. The van der Waals surface area contributed by atoms with E-state index in [-0.39, 0.29) is 23.7 Å². The number of halogens is 3. The van der Waals surface area contributed by atoms with Crippen molar-refractivity contribution in [3.8, 4) is 11.8 Å². The van der Waals surface area contributed by atoms with E-state index in [2.05, 4.69) is 42.0 Å². The minimum atomic E-state index is -4.78. The number of benzene rings is 1. The van der Waals surface area contributed by atoms with Crippen LogP contribution in [0.25, 0.3) is 0 Å². The van der Waals surface area contributed by atoms with Crippen molar-refractivity contribution in [2.45, 2.75) is 57.1 Å². The van der Waals surface area contributed by atoms with Gasteiger partial charge in [-0.2, -0.15) is 10.2 Å². The molecule has 0 amide bonds. The van der Waals surface area contributed by atoms with Crippen LogP contribution in [0.1, 0.15) is 43.2 Å². The van der Waals surface area contributed by atoms with Gasteiger partial charge in [0.05, 0.1) is 6.20 Å². The number of para-hydroxylation sites is 1. The molecule has 0 spiro atoms. The van der Waals surface area contributed by atoms with Crippen molar-refractivity contribution < 1.29 is 17.9 Å². The number of aromatic nitrogens is 2. The highest BCUT2D eigenvalue weighted by molar-refractivity contribution is 5.53. The van der Waals surface area contributed by atoms with Crippen molar-refractivity contribution in [2.75, 3.05) is 30.3 Å². The van der Waals surface area contributed by atoms with Gasteiger partial charge in [0.1, 0.15) is 23.2 Å². The highest BCUT2D eigenvalue weighted by atomic mass is 19.4. The molecule has 4 aliphatic carbocycles. The number of nitrogens with one attached hydrogen (secondary N) is 4. The van der Waals surface area contributed by atoms with Gasteiger partial charge in [0.2, 0.25) is 5.95 Å². The number of alkyl halides is 3. The van der Waals surface area contributed by atoms with Crippen LogP contribution in [0.2, 0.25) is 0 Å². The van der Waals surface area contributed by atoms with Crippen molar-refractivity contribution in [1.29, 1.82) is 5.26 Å². The first-order valence-corrected chi connectivity index (χ1v) is 13.3. The normalized spacial score (nSPS) is 29.9. The zero-order chi connectivity index (χ0) is 26.3. The highest BCUT2D eigenvalue weighted by Gasteiger charge is 2.55. The highest BCUT2D eigenvalue weighted by Crippen LogP contribution is 2.60. The van der Waals surface area contributed by atoms with Crippen LogP contribution in [0.3, 0.4) is 0 Å². The van der Waals surface area contributed by atoms with E-state index in [9.17, 15) is 18.4 Å². The summed E-state index contributed by atoms with van der Waals surface area (Å²) < 4.78 is 42.4. The average Bonchev–Trinajstić information content (AvgIpc) is 2.84. The Morgan fingerprint density at radius 2 is 1.87 bits per heavy atom. The Bertz CT molecular complexity index is 1200. The third-order valence-electron chi connectivity index (χ3n) is 8.78. The first-order valence-electron chi connectivity index (χ1n) is 13.3. The van der Waals surface area contributed by atoms with Gasteiger partial charge in [-0.3, -0.25) is 0 Å². The molecule has 5 aliphatic rings. The second-order valence-corrected chi connectivity index (χ2v) is 11.4. The number of nitriles is 1. The van der Waals surface area contributed by atoms with Crippen LogP contribution in [-0.2, 0) is 6.54 Å². The van der Waals surface area contributed by atoms with E-state index < -0.39 is 6.36 Å². The Hall–Kier alpha value is -3.10. The van der Waals surface area contributed by atoms with E-state index in [0.29, 0.717) is 40.9 Å². The molecule has 202 valence electrons. The number of ether oxygens (including phenoxy) is 1. The van der Waals surface area contributed by atoms with E-state index >= 15 is 0 Å². The lowest BCUT2D eigenvalue weighted by atomic mass is 9.48. The quantitative estimate of drug-likeness (QED) is 0.387. The molecule has 8 nitrogen and oxygen atoms in total. The van der Waals surface area contributed by atoms with Gasteiger partial charge in [0, 0.05) is 43.8 Å². The smallest absolute Gasteiger partial charge is 0.405 e. The summed E-state index contributed by atoms with van der Waals surface area (Å²) in [4.78, 5) is 8.71. The van der Waals surface area contributed by atoms with Crippen LogP contribution < -0.4 is 26.0 Å². The summed E-state index contributed by atoms with van der Waals surface area (Å²) in [5.41, 5.74) is 0.867. The number of rotatable bonds is 9. The number of hydrogen-bond donors (Lipinski definition) is 4. The molecular formula is C27H32F3N7O. The number of anilines is 2. The van der Waals surface area contributed by atoms with Crippen LogP contribution in [-0.4, -0.2) is 48.0 Å². The zero-order valence-electron chi connectivity index (χ0n) is 21.0. The standard InChI is InChI=1S/C27H32F3N7O/c28-27(29,30)38-22-4-2-1-3-17(22)11-33-25-34-12-20(10-31)24(37-25)35-15-26-7-16-5-18(8-26)23(19(6-16)9-26)36-21-13-32-14-21/h1-4,12,16,18-19,21,23,32,36H,5-9,11,13-15H2,(H2,33,34,35,37)/t16?,18-,19+,23?,26?. The second-order valence-electron chi connectivity index (χ2n) is 11.4. The third-order valence-corrected chi connectivity index (χ3v) is 8.78. The van der Waals surface area contributed by atoms with E-state index in [1.807, 2.05) is 0 Å². The molecule has 1 aromatic carbocycles. The van der Waals surface area contributed by atoms with Gasteiger partial charge >= 0.3 is 6.36 Å². The van der Waals surface area contributed by atoms with Crippen molar-refractivity contribution >= 4 is 11.8 Å². The summed E-state index contributed by atoms with van der Waals surface area (Å²) in [5, 5.41) is 23.4. The molecule has 2 aromatic rings. The fraction of sp³-hybridized carbons (Fsp3) is 0.593. The molecule has 38 heavy (non-hydrogen) atoms. The van der Waals surface area contributed by atoms with E-state index in [1.165, 1.54) is 50.4 Å². The van der Waals surface area contributed by atoms with Crippen LogP contribution in [0.4, 0.5) is 24.9 Å². The molecule has 5 atom stereocenters. The van der Waals surface area contributed by atoms with Gasteiger partial charge in [-0.05, 0) is 61.3 Å². The van der Waals surface area contributed by atoms with Gasteiger partial charge < -0.3 is 26.0 Å². The van der Waals surface area contributed by atoms with Crippen LogP contribution >= 0.6 is 0 Å². The lowest BCUT2D eigenvalue weighted by molar-refractivity contribution is -0.274. The Balaban J connectivity index is 1.12. The fourth-order valence-electron chi connectivity index (χ4n) is 7.36. The van der Waals surface area contributed by atoms with Gasteiger partial charge in [-0.1, -0.05) is 18.2 Å². The van der Waals surface area contributed by atoms with E-state index in [1.54, 1.807) is 12.1 Å². The van der Waals surface area contributed by atoms with Crippen molar-refractivity contribution in [2.24, 2.45) is 23.2 Å². The fourth-order valence-corrected chi connectivity index (χ4v) is 7.36. The number of nitrogens with zero attached hydrogens (tertiary/aromatic N) is 3. The minimum Gasteiger partial charge on any atom is -0.405 e. The summed E-state index contributed by atoms with van der Waals surface area (Å²) in [7, 11) is 0. The maximum atomic E-state index is 12.8. The Morgan fingerprint density at radius 3 is 2.55 bits per heavy atom. The molecule has 1 aliphatic heterocycles. The zero-order valence-corrected chi connectivity index (χ0v) is 21.0. The topological polar surface area (TPSA) is 107 Å². The van der Waals surface area contributed by atoms with Gasteiger partial charge in [0.15, 0.2) is 0 Å². The molecule has 4 N–H and O–H groups in total. The van der Waals surface area contributed by atoms with Gasteiger partial charge in [-0.15, -0.1) is 13.2 Å². The third kappa shape index (κ3) is 5.24. The summed E-state index contributed by atoms with van der Waals surface area (Å²) in [5.74, 6) is 2.57. The Kier molecular flexibility index (Phi) is 6.56. The van der Waals surface area contributed by atoms with Crippen LogP contribution in [0.15, 0.2) is 30.5 Å². The summed E-state index contributed by atoms with van der Waals surface area (Å²) in [6.45, 7) is 2.92. The SMILES string of the molecule is N#Cc1cnc(NCc2ccccc2OC(F)(F)F)nc1NCC12CC3C[C@H](C1)C(NC1CNC1)[C@@H](C3)C2. The molecule has 4 bridgehead atoms. The second kappa shape index (κ2) is 9.89. The summed E-state index contributed by atoms with van der Waals surface area (Å²) in [6.07, 6.45) is 2.85. The first kappa shape index (κ1) is 25.2. The van der Waals surface area contributed by atoms with Crippen molar-refractivity contribution in [3.05, 3.63) is 41.6 Å². The van der Waals surface area contributed by atoms with Crippen LogP contribution in [0, 0.1) is 34.5 Å². The average molecular weight is 528 g/mol. The van der Waals surface area contributed by atoms with E-state index in [4.69, 9.17) is 0 Å². The maximum absolute atomic E-state index is 12.8. The molecule has 1 saturated heterocycles. The van der Waals surface area contributed by atoms with Gasteiger partial charge in [-0.25, -0.2) is 4.98 Å². The van der Waals surface area contributed by atoms with Crippen LogP contribution in [0.5, 0.6) is 5.75 Å². The Labute approximate surface area is 219 Å². The molecule has 7 rings (SSSR count). The maximum Gasteiger partial charge on any atom is 0.573 e. The lowest BCUT2D eigenvalue weighted by Gasteiger charge is -2.61. The summed E-state index contributed by atoms with van der Waals surface area (Å²) in [6, 6.07) is 9.31. The molecule has 0 radical (unpaired) electrons. The van der Waals surface area contributed by atoms with Crippen molar-refractivity contribution in [3.63, 3.8) is 0 Å². The van der Waals surface area contributed by atoms with Gasteiger partial charge in [0.25, 0.3) is 0 Å². The number of hydrogen-bond acceptors (Lipinski definition) is 8. The first-order chi connectivity index (χ1) is 18.3. The predicted molar refractivity (Wildman–Crippen MR) is 135 cm³/mol. The lowest BCUT2D eigenvalue weighted by Crippen LogP contribution is -2.65. The molecule has 11 heteroatoms. The monoisotopic (exact) mass is 527 g/mol. The minimum absolute atomic E-state index is 0.0392. The molecule has 2 heterocycles. The Morgan fingerprint density at radius 1 is 1.11 bits per heavy atom. The summed E-state index contributed by atoms with van der Waals surface area (Å²) >= 11 is 0.